The molecule has 1 saturated heterocycles. The van der Waals surface area contributed by atoms with Gasteiger partial charge in [0.05, 0.1) is 17.1 Å². The molecule has 1 fully saturated rings. The molecule has 0 saturated carbocycles. The Balaban J connectivity index is 1.57. The zero-order valence-corrected chi connectivity index (χ0v) is 15.5. The molecule has 0 radical (unpaired) electrons. The van der Waals surface area contributed by atoms with Crippen LogP contribution in [0.2, 0.25) is 0 Å². The first-order valence-corrected chi connectivity index (χ1v) is 9.03. The number of nitro benzene ring substituents is 1. The number of halogens is 2. The lowest BCUT2D eigenvalue weighted by molar-refractivity contribution is -0.385. The molecular weight excluding hydrogens is 384 g/mol. The van der Waals surface area contributed by atoms with E-state index in [1.54, 1.807) is 11.1 Å². The van der Waals surface area contributed by atoms with Gasteiger partial charge in [-0.1, -0.05) is 11.2 Å². The van der Waals surface area contributed by atoms with Crippen LogP contribution in [0.5, 0.6) is 0 Å². The van der Waals surface area contributed by atoms with E-state index >= 15 is 0 Å². The molecule has 2 aromatic rings. The highest BCUT2D eigenvalue weighted by Gasteiger charge is 2.25. The van der Waals surface area contributed by atoms with Crippen LogP contribution in [0.15, 0.2) is 35.6 Å². The van der Waals surface area contributed by atoms with Gasteiger partial charge in [0.25, 0.3) is 5.69 Å². The van der Waals surface area contributed by atoms with Crippen molar-refractivity contribution in [3.63, 3.8) is 0 Å². The number of piperazine rings is 1. The number of nitro groups is 1. The van der Waals surface area contributed by atoms with Gasteiger partial charge in [-0.05, 0) is 23.6 Å². The molecule has 0 unspecified atom stereocenters. The van der Waals surface area contributed by atoms with E-state index in [1.165, 1.54) is 0 Å². The van der Waals surface area contributed by atoms with E-state index in [4.69, 9.17) is 5.53 Å². The molecule has 1 aliphatic rings. The van der Waals surface area contributed by atoms with Crippen molar-refractivity contribution in [1.29, 1.82) is 0 Å². The molecule has 9 nitrogen and oxygen atoms in total. The van der Waals surface area contributed by atoms with Crippen LogP contribution in [0.3, 0.4) is 0 Å². The summed E-state index contributed by atoms with van der Waals surface area (Å²) >= 11 is 0. The summed E-state index contributed by atoms with van der Waals surface area (Å²) in [6.07, 6.45) is 2.35. The molecule has 152 valence electrons. The van der Waals surface area contributed by atoms with Crippen molar-refractivity contribution >= 4 is 11.4 Å². The third-order valence-electron chi connectivity index (χ3n) is 4.72. The number of non-ortho nitro benzene ring substituents is 1. The van der Waals surface area contributed by atoms with Crippen LogP contribution < -0.4 is 4.90 Å². The van der Waals surface area contributed by atoms with Crippen LogP contribution in [0.1, 0.15) is 11.3 Å². The lowest BCUT2D eigenvalue weighted by Gasteiger charge is -2.36. The fourth-order valence-corrected chi connectivity index (χ4v) is 3.25. The number of aromatic nitrogens is 1. The molecule has 1 aliphatic heterocycles. The zero-order chi connectivity index (χ0) is 20.8. The van der Waals surface area contributed by atoms with Crippen molar-refractivity contribution in [2.24, 2.45) is 5.11 Å². The van der Waals surface area contributed by atoms with Gasteiger partial charge >= 0.3 is 0 Å². The summed E-state index contributed by atoms with van der Waals surface area (Å²) in [5, 5.41) is 14.2. The fraction of sp³-hybridized carbons (Fsp3) is 0.389. The van der Waals surface area contributed by atoms with Crippen LogP contribution in [0.4, 0.5) is 20.2 Å². The van der Waals surface area contributed by atoms with Crippen molar-refractivity contribution in [3.05, 3.63) is 73.9 Å². The minimum absolute atomic E-state index is 0.221. The van der Waals surface area contributed by atoms with Crippen LogP contribution in [0.25, 0.3) is 10.4 Å². The number of anilines is 1. The number of rotatable bonds is 7. The first kappa shape index (κ1) is 20.4. The highest BCUT2D eigenvalue weighted by atomic mass is 19.1. The molecule has 0 atom stereocenters. The van der Waals surface area contributed by atoms with Gasteiger partial charge in [0.15, 0.2) is 11.6 Å². The Bertz CT molecular complexity index is 901. The number of azide groups is 1. The Morgan fingerprint density at radius 2 is 1.90 bits per heavy atom. The van der Waals surface area contributed by atoms with Gasteiger partial charge in [-0.3, -0.25) is 20.0 Å². The second-order valence-electron chi connectivity index (χ2n) is 6.64. The number of hydrogen-bond acceptors (Lipinski definition) is 6. The van der Waals surface area contributed by atoms with Gasteiger partial charge < -0.3 is 4.90 Å². The number of pyridine rings is 1. The van der Waals surface area contributed by atoms with Gasteiger partial charge in [-0.25, -0.2) is 8.78 Å². The Labute approximate surface area is 165 Å². The third-order valence-corrected chi connectivity index (χ3v) is 4.72. The number of nitrogens with zero attached hydrogens (tertiary/aromatic N) is 7. The van der Waals surface area contributed by atoms with E-state index in [2.05, 4.69) is 19.9 Å². The lowest BCUT2D eigenvalue weighted by atomic mass is 10.2. The molecule has 0 aliphatic carbocycles. The first-order chi connectivity index (χ1) is 14.0. The standard InChI is InChI=1S/C18H19F2N7O2/c19-16-9-15(27(28)29)10-17(20)18(16)26-7-5-25(6-8-26)12-13-1-2-14(22-11-13)3-4-23-24-21/h1-2,9-11H,3-8,12H2. The molecule has 0 spiro atoms. The Hall–Kier alpha value is -3.30. The topological polar surface area (TPSA) is 111 Å². The van der Waals surface area contributed by atoms with Gasteiger partial charge in [0.2, 0.25) is 0 Å². The van der Waals surface area contributed by atoms with E-state index in [0.29, 0.717) is 45.7 Å². The van der Waals surface area contributed by atoms with Crippen molar-refractivity contribution in [1.82, 2.24) is 9.88 Å². The number of hydrogen-bond donors (Lipinski definition) is 0. The molecule has 0 N–H and O–H groups in total. The van der Waals surface area contributed by atoms with Gasteiger partial charge in [-0.2, -0.15) is 0 Å². The molecule has 1 aromatic heterocycles. The SMILES string of the molecule is [N-]=[N+]=NCCc1ccc(CN2CCN(c3c(F)cc([N+](=O)[O-])cc3F)CC2)cn1. The van der Waals surface area contributed by atoms with Crippen LogP contribution in [-0.4, -0.2) is 47.5 Å². The smallest absolute Gasteiger partial charge is 0.275 e. The van der Waals surface area contributed by atoms with E-state index in [0.717, 1.165) is 23.4 Å². The molecule has 0 amide bonds. The van der Waals surface area contributed by atoms with Crippen LogP contribution >= 0.6 is 0 Å². The third kappa shape index (κ3) is 5.15. The largest absolute Gasteiger partial charge is 0.364 e. The Morgan fingerprint density at radius 1 is 1.21 bits per heavy atom. The van der Waals surface area contributed by atoms with E-state index in [9.17, 15) is 18.9 Å². The van der Waals surface area contributed by atoms with E-state index < -0.39 is 22.2 Å². The summed E-state index contributed by atoms with van der Waals surface area (Å²) in [6, 6.07) is 5.35. The predicted molar refractivity (Wildman–Crippen MR) is 102 cm³/mol. The molecule has 11 heteroatoms. The summed E-state index contributed by atoms with van der Waals surface area (Å²) in [7, 11) is 0. The molecular formula is C18H19F2N7O2. The maximum atomic E-state index is 14.2. The van der Waals surface area contributed by atoms with Crippen LogP contribution in [-0.2, 0) is 13.0 Å². The molecule has 3 rings (SSSR count). The molecule has 2 heterocycles. The summed E-state index contributed by atoms with van der Waals surface area (Å²) in [5.74, 6) is -1.85. The fourth-order valence-electron chi connectivity index (χ4n) is 3.25. The minimum Gasteiger partial charge on any atom is -0.364 e. The normalized spacial score (nSPS) is 14.5. The summed E-state index contributed by atoms with van der Waals surface area (Å²) in [4.78, 5) is 20.7. The van der Waals surface area contributed by atoms with Crippen molar-refractivity contribution in [2.45, 2.75) is 13.0 Å². The van der Waals surface area contributed by atoms with Crippen LogP contribution in [0, 0.1) is 21.7 Å². The predicted octanol–water partition coefficient (Wildman–Crippen LogP) is 3.44. The summed E-state index contributed by atoms with van der Waals surface area (Å²) < 4.78 is 28.4. The van der Waals surface area contributed by atoms with Gasteiger partial charge in [0.1, 0.15) is 5.69 Å². The first-order valence-electron chi connectivity index (χ1n) is 9.03. The average Bonchev–Trinajstić information content (AvgIpc) is 2.70. The Kier molecular flexibility index (Phi) is 6.53. The molecule has 0 bridgehead atoms. The highest BCUT2D eigenvalue weighted by molar-refractivity contribution is 5.54. The second kappa shape index (κ2) is 9.26. The highest BCUT2D eigenvalue weighted by Crippen LogP contribution is 2.29. The maximum absolute atomic E-state index is 14.2. The summed E-state index contributed by atoms with van der Waals surface area (Å²) in [6.45, 7) is 3.01. The van der Waals surface area contributed by atoms with E-state index in [-0.39, 0.29) is 5.69 Å². The average molecular weight is 403 g/mol. The summed E-state index contributed by atoms with van der Waals surface area (Å²) in [5.41, 5.74) is 9.32. The molecule has 1 aromatic carbocycles. The van der Waals surface area contributed by atoms with Crippen molar-refractivity contribution in [2.75, 3.05) is 37.6 Å². The number of benzene rings is 1. The van der Waals surface area contributed by atoms with Crippen molar-refractivity contribution in [3.8, 4) is 0 Å². The lowest BCUT2D eigenvalue weighted by Crippen LogP contribution is -2.46. The zero-order valence-electron chi connectivity index (χ0n) is 15.5. The minimum atomic E-state index is -0.925. The quantitative estimate of drug-likeness (QED) is 0.231. The maximum Gasteiger partial charge on any atom is 0.275 e. The van der Waals surface area contributed by atoms with E-state index in [1.807, 2.05) is 12.1 Å². The molecule has 29 heavy (non-hydrogen) atoms. The second-order valence-corrected chi connectivity index (χ2v) is 6.64. The van der Waals surface area contributed by atoms with Crippen molar-refractivity contribution < 1.29 is 13.7 Å². The van der Waals surface area contributed by atoms with Gasteiger partial charge in [0, 0.05) is 56.1 Å². The van der Waals surface area contributed by atoms with Gasteiger partial charge in [-0.15, -0.1) is 0 Å². The Morgan fingerprint density at radius 3 is 2.45 bits per heavy atom. The monoisotopic (exact) mass is 403 g/mol.